The lowest BCUT2D eigenvalue weighted by atomic mass is 10.2. The summed E-state index contributed by atoms with van der Waals surface area (Å²) in [6, 6.07) is 9.78. The van der Waals surface area contributed by atoms with E-state index in [-0.39, 0.29) is 6.54 Å². The zero-order valence-corrected chi connectivity index (χ0v) is 8.07. The van der Waals surface area contributed by atoms with Crippen LogP contribution in [0.4, 0.5) is 13.2 Å². The molecule has 0 saturated heterocycles. The van der Waals surface area contributed by atoms with Gasteiger partial charge in [0.05, 0.1) is 6.54 Å². The molecule has 16 heavy (non-hydrogen) atoms. The van der Waals surface area contributed by atoms with Crippen molar-refractivity contribution in [3.05, 3.63) is 48.0 Å². The third-order valence-corrected chi connectivity index (χ3v) is 1.91. The number of alkyl halides is 3. The number of halogens is 3. The standard InChI is InChI=1S/C10H7F3N3/c11-10(12,13)9-14-7-16(15-9)6-8-4-2-1-3-5-8/h1-2,4-5,7H,6H2. The largest absolute Gasteiger partial charge is 0.453 e. The Hall–Kier alpha value is -1.85. The van der Waals surface area contributed by atoms with Crippen molar-refractivity contribution in [2.24, 2.45) is 0 Å². The van der Waals surface area contributed by atoms with E-state index in [1.807, 2.05) is 0 Å². The highest BCUT2D eigenvalue weighted by Crippen LogP contribution is 2.25. The predicted molar refractivity (Wildman–Crippen MR) is 49.4 cm³/mol. The van der Waals surface area contributed by atoms with E-state index in [1.165, 1.54) is 0 Å². The molecule has 0 fully saturated rings. The topological polar surface area (TPSA) is 30.7 Å². The molecule has 83 valence electrons. The van der Waals surface area contributed by atoms with E-state index < -0.39 is 12.0 Å². The lowest BCUT2D eigenvalue weighted by Crippen LogP contribution is -2.09. The van der Waals surface area contributed by atoms with Crippen LogP contribution >= 0.6 is 0 Å². The summed E-state index contributed by atoms with van der Waals surface area (Å²) in [7, 11) is 0. The Morgan fingerprint density at radius 1 is 1.38 bits per heavy atom. The van der Waals surface area contributed by atoms with Crippen LogP contribution in [0.25, 0.3) is 0 Å². The molecule has 1 aromatic heterocycles. The van der Waals surface area contributed by atoms with Gasteiger partial charge in [0.2, 0.25) is 0 Å². The molecule has 2 rings (SSSR count). The SMILES string of the molecule is FC(F)(F)c1ncn(Cc2c[c]ccc2)n1. The van der Waals surface area contributed by atoms with Crippen LogP contribution < -0.4 is 0 Å². The summed E-state index contributed by atoms with van der Waals surface area (Å²) in [6.45, 7) is 0.250. The van der Waals surface area contributed by atoms with Crippen molar-refractivity contribution in [3.8, 4) is 0 Å². The van der Waals surface area contributed by atoms with Crippen molar-refractivity contribution in [2.75, 3.05) is 0 Å². The van der Waals surface area contributed by atoms with Crippen molar-refractivity contribution < 1.29 is 13.2 Å². The van der Waals surface area contributed by atoms with Crippen LogP contribution in [0.1, 0.15) is 11.4 Å². The smallest absolute Gasteiger partial charge is 0.248 e. The van der Waals surface area contributed by atoms with Crippen LogP contribution in [0.15, 0.2) is 30.6 Å². The Bertz CT molecular complexity index is 462. The number of nitrogens with zero attached hydrogens (tertiary/aromatic N) is 3. The molecule has 0 saturated carbocycles. The van der Waals surface area contributed by atoms with Crippen molar-refractivity contribution in [1.29, 1.82) is 0 Å². The third kappa shape index (κ3) is 2.39. The second kappa shape index (κ2) is 3.96. The molecule has 0 aliphatic carbocycles. The van der Waals surface area contributed by atoms with Crippen molar-refractivity contribution >= 4 is 0 Å². The van der Waals surface area contributed by atoms with Gasteiger partial charge in [0, 0.05) is 0 Å². The van der Waals surface area contributed by atoms with E-state index in [0.29, 0.717) is 0 Å². The normalized spacial score (nSPS) is 11.7. The number of benzene rings is 1. The first-order valence-electron chi connectivity index (χ1n) is 4.47. The van der Waals surface area contributed by atoms with Gasteiger partial charge in [-0.25, -0.2) is 9.67 Å². The van der Waals surface area contributed by atoms with Gasteiger partial charge in [0.1, 0.15) is 6.33 Å². The predicted octanol–water partition coefficient (Wildman–Crippen LogP) is 2.15. The van der Waals surface area contributed by atoms with Crippen LogP contribution in [0.2, 0.25) is 0 Å². The molecule has 0 unspecified atom stereocenters. The zero-order valence-electron chi connectivity index (χ0n) is 8.07. The van der Waals surface area contributed by atoms with E-state index in [0.717, 1.165) is 16.6 Å². The van der Waals surface area contributed by atoms with E-state index >= 15 is 0 Å². The van der Waals surface area contributed by atoms with Crippen molar-refractivity contribution in [2.45, 2.75) is 12.7 Å². The fraction of sp³-hybridized carbons (Fsp3) is 0.200. The summed E-state index contributed by atoms with van der Waals surface area (Å²) in [5.74, 6) is -1.12. The van der Waals surface area contributed by atoms with E-state index in [4.69, 9.17) is 0 Å². The molecule has 0 aliphatic rings. The Balaban J connectivity index is 2.15. The molecular formula is C10H7F3N3. The maximum absolute atomic E-state index is 12.2. The molecule has 0 bridgehead atoms. The molecule has 0 atom stereocenters. The highest BCUT2D eigenvalue weighted by Gasteiger charge is 2.35. The lowest BCUT2D eigenvalue weighted by molar-refractivity contribution is -0.145. The fourth-order valence-corrected chi connectivity index (χ4v) is 1.22. The highest BCUT2D eigenvalue weighted by atomic mass is 19.4. The molecule has 0 N–H and O–H groups in total. The molecular weight excluding hydrogens is 219 g/mol. The van der Waals surface area contributed by atoms with Crippen LogP contribution in [0.5, 0.6) is 0 Å². The molecule has 1 heterocycles. The van der Waals surface area contributed by atoms with Gasteiger partial charge in [-0.15, -0.1) is 5.10 Å². The first-order valence-corrected chi connectivity index (χ1v) is 4.47. The summed E-state index contributed by atoms with van der Waals surface area (Å²) in [4.78, 5) is 3.20. The Morgan fingerprint density at radius 3 is 2.75 bits per heavy atom. The molecule has 3 nitrogen and oxygen atoms in total. The maximum Gasteiger partial charge on any atom is 0.453 e. The van der Waals surface area contributed by atoms with E-state index in [1.54, 1.807) is 24.3 Å². The Kier molecular flexibility index (Phi) is 2.64. The molecule has 0 spiro atoms. The second-order valence-electron chi connectivity index (χ2n) is 3.18. The summed E-state index contributed by atoms with van der Waals surface area (Å²) in [5, 5.41) is 3.34. The fourth-order valence-electron chi connectivity index (χ4n) is 1.22. The van der Waals surface area contributed by atoms with E-state index in [2.05, 4.69) is 16.1 Å². The average molecular weight is 226 g/mol. The number of hydrogen-bond donors (Lipinski definition) is 0. The zero-order chi connectivity index (χ0) is 11.6. The average Bonchev–Trinajstić information content (AvgIpc) is 2.67. The molecule has 0 amide bonds. The van der Waals surface area contributed by atoms with Crippen molar-refractivity contribution in [1.82, 2.24) is 14.8 Å². The Morgan fingerprint density at radius 2 is 2.19 bits per heavy atom. The van der Waals surface area contributed by atoms with Gasteiger partial charge in [-0.3, -0.25) is 0 Å². The summed E-state index contributed by atoms with van der Waals surface area (Å²) in [6.07, 6.45) is -3.43. The number of aromatic nitrogens is 3. The summed E-state index contributed by atoms with van der Waals surface area (Å²) in [5.41, 5.74) is 0.820. The van der Waals surface area contributed by atoms with Gasteiger partial charge in [-0.1, -0.05) is 18.2 Å². The summed E-state index contributed by atoms with van der Waals surface area (Å²) < 4.78 is 37.7. The van der Waals surface area contributed by atoms with Gasteiger partial charge in [-0.2, -0.15) is 13.2 Å². The molecule has 2 aromatic rings. The monoisotopic (exact) mass is 226 g/mol. The first-order chi connectivity index (χ1) is 7.55. The van der Waals surface area contributed by atoms with Crippen LogP contribution in [0, 0.1) is 6.07 Å². The van der Waals surface area contributed by atoms with Crippen LogP contribution in [-0.4, -0.2) is 14.8 Å². The molecule has 1 radical (unpaired) electrons. The molecule has 6 heteroatoms. The Labute approximate surface area is 89.5 Å². The number of hydrogen-bond acceptors (Lipinski definition) is 2. The van der Waals surface area contributed by atoms with Gasteiger partial charge >= 0.3 is 6.18 Å². The lowest BCUT2D eigenvalue weighted by Gasteiger charge is -2.01. The van der Waals surface area contributed by atoms with Gasteiger partial charge in [0.15, 0.2) is 0 Å². The third-order valence-electron chi connectivity index (χ3n) is 1.91. The first kappa shape index (κ1) is 10.7. The maximum atomic E-state index is 12.2. The summed E-state index contributed by atoms with van der Waals surface area (Å²) >= 11 is 0. The van der Waals surface area contributed by atoms with Gasteiger partial charge < -0.3 is 0 Å². The second-order valence-corrected chi connectivity index (χ2v) is 3.18. The van der Waals surface area contributed by atoms with Gasteiger partial charge in [-0.05, 0) is 17.7 Å². The number of rotatable bonds is 2. The minimum absolute atomic E-state index is 0.250. The molecule has 0 aliphatic heterocycles. The minimum atomic E-state index is -4.49. The van der Waals surface area contributed by atoms with Crippen molar-refractivity contribution in [3.63, 3.8) is 0 Å². The van der Waals surface area contributed by atoms with E-state index in [9.17, 15) is 13.2 Å². The van der Waals surface area contributed by atoms with Crippen LogP contribution in [-0.2, 0) is 12.7 Å². The van der Waals surface area contributed by atoms with Gasteiger partial charge in [0.25, 0.3) is 5.82 Å². The molecule has 1 aromatic carbocycles. The minimum Gasteiger partial charge on any atom is -0.248 e. The highest BCUT2D eigenvalue weighted by molar-refractivity contribution is 5.13. The van der Waals surface area contributed by atoms with Crippen LogP contribution in [0.3, 0.4) is 0 Å². The quantitative estimate of drug-likeness (QED) is 0.785.